The molecule has 0 aliphatic heterocycles. The lowest BCUT2D eigenvalue weighted by molar-refractivity contribution is -0.144. The van der Waals surface area contributed by atoms with Crippen molar-refractivity contribution in [1.29, 1.82) is 0 Å². The summed E-state index contributed by atoms with van der Waals surface area (Å²) in [5, 5.41) is 0. The topological polar surface area (TPSA) is 52.6 Å². The van der Waals surface area contributed by atoms with Gasteiger partial charge in [-0.3, -0.25) is 0 Å². The van der Waals surface area contributed by atoms with Gasteiger partial charge in [-0.05, 0) is 39.5 Å². The average Bonchev–Trinajstić information content (AvgIpc) is 2.26. The van der Waals surface area contributed by atoms with E-state index < -0.39 is 11.9 Å². The molecule has 0 rings (SSSR count). The third-order valence-electron chi connectivity index (χ3n) is 2.51. The van der Waals surface area contributed by atoms with E-state index >= 15 is 0 Å². The van der Waals surface area contributed by atoms with Gasteiger partial charge in [0.25, 0.3) is 0 Å². The van der Waals surface area contributed by atoms with Gasteiger partial charge in [0.2, 0.25) is 0 Å². The Balaban J connectivity index is 5.03. The normalized spacial score (nSPS) is 12.4. The molecule has 0 aromatic heterocycles. The van der Waals surface area contributed by atoms with E-state index in [9.17, 15) is 9.59 Å². The highest BCUT2D eigenvalue weighted by Gasteiger charge is 2.20. The minimum atomic E-state index is -0.477. The molecule has 0 amide bonds. The molecule has 0 aromatic carbocycles. The van der Waals surface area contributed by atoms with Gasteiger partial charge in [0.15, 0.2) is 0 Å². The van der Waals surface area contributed by atoms with Crippen molar-refractivity contribution in [2.75, 3.05) is 7.11 Å². The first-order chi connectivity index (χ1) is 8.29. The van der Waals surface area contributed by atoms with Gasteiger partial charge >= 0.3 is 11.9 Å². The lowest BCUT2D eigenvalue weighted by Crippen LogP contribution is -2.18. The summed E-state index contributed by atoms with van der Waals surface area (Å²) >= 11 is 0. The molecule has 0 atom stereocenters. The zero-order valence-corrected chi connectivity index (χ0v) is 12.2. The number of hydrogen-bond donors (Lipinski definition) is 0. The molecule has 0 heterocycles. The predicted molar refractivity (Wildman–Crippen MR) is 70.0 cm³/mol. The van der Waals surface area contributed by atoms with Crippen LogP contribution in [0.3, 0.4) is 0 Å². The molecule has 0 spiro atoms. The maximum absolute atomic E-state index is 11.9. The summed E-state index contributed by atoms with van der Waals surface area (Å²) in [5.41, 5.74) is 0.757. The van der Waals surface area contributed by atoms with Crippen LogP contribution in [-0.4, -0.2) is 25.2 Å². The number of carbonyl (C=O) groups excluding carboxylic acids is 2. The summed E-state index contributed by atoms with van der Waals surface area (Å²) in [7, 11) is 1.31. The number of carbonyl (C=O) groups is 2. The number of methoxy groups -OCH3 is 1. The van der Waals surface area contributed by atoms with Gasteiger partial charge in [-0.15, -0.1) is 0 Å². The molecule has 0 radical (unpaired) electrons. The van der Waals surface area contributed by atoms with Crippen molar-refractivity contribution in [2.45, 2.75) is 53.6 Å². The molecule has 0 aliphatic carbocycles. The van der Waals surface area contributed by atoms with Gasteiger partial charge in [-0.25, -0.2) is 9.59 Å². The number of rotatable bonds is 6. The van der Waals surface area contributed by atoms with E-state index in [4.69, 9.17) is 4.74 Å². The maximum Gasteiger partial charge on any atom is 0.334 e. The molecule has 18 heavy (non-hydrogen) atoms. The Morgan fingerprint density at radius 1 is 1.06 bits per heavy atom. The minimum Gasteiger partial charge on any atom is -0.466 e. The molecule has 4 heteroatoms. The largest absolute Gasteiger partial charge is 0.466 e. The fourth-order valence-electron chi connectivity index (χ4n) is 1.44. The Hall–Kier alpha value is -1.32. The van der Waals surface area contributed by atoms with E-state index in [0.29, 0.717) is 23.5 Å². The van der Waals surface area contributed by atoms with E-state index in [2.05, 4.69) is 18.6 Å². The van der Waals surface area contributed by atoms with Crippen molar-refractivity contribution in [3.05, 3.63) is 11.1 Å². The highest BCUT2D eigenvalue weighted by Crippen LogP contribution is 2.18. The van der Waals surface area contributed by atoms with Crippen LogP contribution in [0.2, 0.25) is 0 Å². The van der Waals surface area contributed by atoms with Crippen molar-refractivity contribution in [3.63, 3.8) is 0 Å². The number of hydrogen-bond acceptors (Lipinski definition) is 4. The summed E-state index contributed by atoms with van der Waals surface area (Å²) in [6.07, 6.45) is 1.16. The Morgan fingerprint density at radius 2 is 1.61 bits per heavy atom. The third kappa shape index (κ3) is 5.84. The SMILES string of the molecule is COC(=O)/C(C)=C(/CCC(C)C)C(=O)OC(C)C. The molecular weight excluding hydrogens is 232 g/mol. The first-order valence-electron chi connectivity index (χ1n) is 6.28. The quantitative estimate of drug-likeness (QED) is 0.541. The van der Waals surface area contributed by atoms with Crippen LogP contribution in [0.5, 0.6) is 0 Å². The van der Waals surface area contributed by atoms with Crippen molar-refractivity contribution in [3.8, 4) is 0 Å². The van der Waals surface area contributed by atoms with Gasteiger partial charge < -0.3 is 9.47 Å². The zero-order chi connectivity index (χ0) is 14.3. The van der Waals surface area contributed by atoms with Gasteiger partial charge in [0.05, 0.1) is 13.2 Å². The molecule has 0 saturated heterocycles. The van der Waals surface area contributed by atoms with Gasteiger partial charge in [-0.2, -0.15) is 0 Å². The zero-order valence-electron chi connectivity index (χ0n) is 12.2. The summed E-state index contributed by atoms with van der Waals surface area (Å²) in [4.78, 5) is 23.4. The molecular formula is C14H24O4. The molecule has 4 nitrogen and oxygen atoms in total. The van der Waals surface area contributed by atoms with Crippen LogP contribution in [-0.2, 0) is 19.1 Å². The predicted octanol–water partition coefficient (Wildman–Crippen LogP) is 2.86. The molecule has 104 valence electrons. The Bertz CT molecular complexity index is 327. The minimum absolute atomic E-state index is 0.197. The summed E-state index contributed by atoms with van der Waals surface area (Å²) in [5.74, 6) is -0.444. The second-order valence-electron chi connectivity index (χ2n) is 4.98. The summed E-state index contributed by atoms with van der Waals surface area (Å²) in [6, 6.07) is 0. The van der Waals surface area contributed by atoms with Crippen LogP contribution in [0.1, 0.15) is 47.5 Å². The van der Waals surface area contributed by atoms with Crippen LogP contribution in [0.25, 0.3) is 0 Å². The van der Waals surface area contributed by atoms with E-state index in [1.165, 1.54) is 7.11 Å². The van der Waals surface area contributed by atoms with Crippen molar-refractivity contribution < 1.29 is 19.1 Å². The third-order valence-corrected chi connectivity index (χ3v) is 2.51. The van der Waals surface area contributed by atoms with Crippen LogP contribution in [0.15, 0.2) is 11.1 Å². The monoisotopic (exact) mass is 256 g/mol. The van der Waals surface area contributed by atoms with Crippen LogP contribution in [0, 0.1) is 5.92 Å². The fourth-order valence-corrected chi connectivity index (χ4v) is 1.44. The van der Waals surface area contributed by atoms with Crippen LogP contribution in [0.4, 0.5) is 0 Å². The van der Waals surface area contributed by atoms with E-state index in [0.717, 1.165) is 6.42 Å². The Kier molecular flexibility index (Phi) is 7.32. The number of esters is 2. The lowest BCUT2D eigenvalue weighted by Gasteiger charge is -2.14. The highest BCUT2D eigenvalue weighted by atomic mass is 16.5. The summed E-state index contributed by atoms with van der Waals surface area (Å²) < 4.78 is 9.81. The van der Waals surface area contributed by atoms with Crippen molar-refractivity contribution >= 4 is 11.9 Å². The standard InChI is InChI=1S/C14H24O4/c1-9(2)7-8-12(11(5)13(15)17-6)14(16)18-10(3)4/h9-10H,7-8H2,1-6H3/b12-11-. The van der Waals surface area contributed by atoms with Gasteiger partial charge in [0.1, 0.15) is 0 Å². The highest BCUT2D eigenvalue weighted by molar-refractivity contribution is 5.99. The molecule has 0 unspecified atom stereocenters. The maximum atomic E-state index is 11.9. The molecule has 0 bridgehead atoms. The van der Waals surface area contributed by atoms with Crippen LogP contribution >= 0.6 is 0 Å². The van der Waals surface area contributed by atoms with E-state index in [-0.39, 0.29) is 6.10 Å². The van der Waals surface area contributed by atoms with Crippen molar-refractivity contribution in [1.82, 2.24) is 0 Å². The molecule has 0 fully saturated rings. The lowest BCUT2D eigenvalue weighted by atomic mass is 9.99. The number of ether oxygens (including phenoxy) is 2. The van der Waals surface area contributed by atoms with Gasteiger partial charge in [0, 0.05) is 11.1 Å². The van der Waals surface area contributed by atoms with Crippen LogP contribution < -0.4 is 0 Å². The van der Waals surface area contributed by atoms with Crippen molar-refractivity contribution in [2.24, 2.45) is 5.92 Å². The second kappa shape index (κ2) is 7.90. The summed E-state index contributed by atoms with van der Waals surface area (Å²) in [6.45, 7) is 9.30. The van der Waals surface area contributed by atoms with E-state index in [1.54, 1.807) is 20.8 Å². The second-order valence-corrected chi connectivity index (χ2v) is 4.98. The first kappa shape index (κ1) is 16.7. The fraction of sp³-hybridized carbons (Fsp3) is 0.714. The van der Waals surface area contributed by atoms with E-state index in [1.807, 2.05) is 0 Å². The molecule has 0 aliphatic rings. The Morgan fingerprint density at radius 3 is 2.00 bits per heavy atom. The van der Waals surface area contributed by atoms with Gasteiger partial charge in [-0.1, -0.05) is 13.8 Å². The molecule has 0 saturated carbocycles. The Labute approximate surface area is 109 Å². The molecule has 0 N–H and O–H groups in total. The smallest absolute Gasteiger partial charge is 0.334 e. The molecule has 0 aromatic rings. The first-order valence-corrected chi connectivity index (χ1v) is 6.28. The average molecular weight is 256 g/mol.